The zero-order valence-electron chi connectivity index (χ0n) is 16.7. The van der Waals surface area contributed by atoms with Crippen molar-refractivity contribution in [2.75, 3.05) is 5.75 Å². The van der Waals surface area contributed by atoms with Crippen LogP contribution in [0.15, 0.2) is 34.8 Å². The van der Waals surface area contributed by atoms with E-state index in [0.29, 0.717) is 17.9 Å². The highest BCUT2D eigenvalue weighted by Gasteiger charge is 2.38. The summed E-state index contributed by atoms with van der Waals surface area (Å²) in [5.74, 6) is -0.143. The summed E-state index contributed by atoms with van der Waals surface area (Å²) in [6, 6.07) is 9.91. The maximum Gasteiger partial charge on any atom is 0.185 e. The number of nitriles is 1. The van der Waals surface area contributed by atoms with E-state index in [9.17, 15) is 15.2 Å². The molecule has 1 saturated heterocycles. The van der Waals surface area contributed by atoms with Crippen molar-refractivity contribution in [3.05, 3.63) is 41.0 Å². The third-order valence-electron chi connectivity index (χ3n) is 4.39. The second kappa shape index (κ2) is 8.86. The number of carbonyl (C=O) groups is 1. The van der Waals surface area contributed by atoms with Crippen LogP contribution in [0.5, 0.6) is 0 Å². The SMILES string of the molecule is CC(C)(C)c1ccc(C2=C(C#N)C(=O)C3CC(O)CSC3=N2)cc1.CCC. The van der Waals surface area contributed by atoms with E-state index in [0.717, 1.165) is 10.6 Å². The summed E-state index contributed by atoms with van der Waals surface area (Å²) in [6.07, 6.45) is 1.09. The van der Waals surface area contributed by atoms with Crippen LogP contribution in [0.25, 0.3) is 5.70 Å². The molecule has 27 heavy (non-hydrogen) atoms. The molecule has 0 saturated carbocycles. The molecule has 2 unspecified atom stereocenters. The number of ketones is 1. The molecule has 144 valence electrons. The highest BCUT2D eigenvalue weighted by molar-refractivity contribution is 8.14. The molecule has 5 heteroatoms. The van der Waals surface area contributed by atoms with Crippen molar-refractivity contribution in [2.45, 2.75) is 59.0 Å². The molecule has 0 aromatic heterocycles. The van der Waals surface area contributed by atoms with Gasteiger partial charge in [-0.15, -0.1) is 11.8 Å². The number of aliphatic imine (C=N–C) groups is 1. The van der Waals surface area contributed by atoms with Gasteiger partial charge in [0, 0.05) is 11.3 Å². The number of aliphatic hydroxyl groups is 1. The van der Waals surface area contributed by atoms with E-state index in [-0.39, 0.29) is 16.8 Å². The van der Waals surface area contributed by atoms with Crippen molar-refractivity contribution >= 4 is 28.3 Å². The molecular weight excluding hydrogens is 356 g/mol. The first kappa shape index (κ1) is 21.4. The van der Waals surface area contributed by atoms with Gasteiger partial charge in [-0.25, -0.2) is 4.99 Å². The minimum Gasteiger partial charge on any atom is -0.392 e. The van der Waals surface area contributed by atoms with Crippen LogP contribution in [0.1, 0.15) is 58.6 Å². The molecule has 1 fully saturated rings. The van der Waals surface area contributed by atoms with Crippen LogP contribution < -0.4 is 0 Å². The third kappa shape index (κ3) is 4.88. The molecule has 0 radical (unpaired) electrons. The van der Waals surface area contributed by atoms with Crippen LogP contribution in [0, 0.1) is 17.2 Å². The standard InChI is InChI=1S/C19H20N2O2S.C3H8/c1-19(2,3)12-6-4-11(5-7-12)16-15(9-20)17(23)14-8-13(22)10-24-18(14)21-16;1-3-2/h4-7,13-14,22H,8,10H2,1-3H3;3H2,1-2H3. The Kier molecular flexibility index (Phi) is 7.02. The fourth-order valence-electron chi connectivity index (χ4n) is 2.95. The molecule has 2 heterocycles. The number of hydrogen-bond acceptors (Lipinski definition) is 5. The number of thioether (sulfide) groups is 1. The molecule has 4 nitrogen and oxygen atoms in total. The van der Waals surface area contributed by atoms with Crippen molar-refractivity contribution in [2.24, 2.45) is 10.9 Å². The molecule has 0 spiro atoms. The highest BCUT2D eigenvalue weighted by Crippen LogP contribution is 2.37. The molecule has 0 aliphatic carbocycles. The average molecular weight is 385 g/mol. The summed E-state index contributed by atoms with van der Waals surface area (Å²) in [5.41, 5.74) is 2.57. The topological polar surface area (TPSA) is 73.5 Å². The van der Waals surface area contributed by atoms with Gasteiger partial charge in [-0.3, -0.25) is 4.79 Å². The maximum atomic E-state index is 12.7. The number of Topliss-reactive ketones (excluding diaryl/α,β-unsaturated/α-hetero) is 1. The Balaban J connectivity index is 0.000000817. The molecule has 2 atom stereocenters. The van der Waals surface area contributed by atoms with Crippen molar-refractivity contribution in [3.8, 4) is 6.07 Å². The van der Waals surface area contributed by atoms with E-state index in [4.69, 9.17) is 0 Å². The molecule has 2 aliphatic heterocycles. The van der Waals surface area contributed by atoms with Gasteiger partial charge in [-0.2, -0.15) is 5.26 Å². The van der Waals surface area contributed by atoms with Crippen LogP contribution in [0.3, 0.4) is 0 Å². The molecule has 1 aromatic rings. The fourth-order valence-corrected chi connectivity index (χ4v) is 4.01. The number of fused-ring (bicyclic) bond motifs is 1. The molecular formula is C22H28N2O2S. The average Bonchev–Trinajstić information content (AvgIpc) is 2.62. The van der Waals surface area contributed by atoms with Crippen molar-refractivity contribution in [1.82, 2.24) is 0 Å². The minimum atomic E-state index is -0.518. The summed E-state index contributed by atoms with van der Waals surface area (Å²) in [4.78, 5) is 17.3. The van der Waals surface area contributed by atoms with Gasteiger partial charge in [0.25, 0.3) is 0 Å². The number of nitrogens with zero attached hydrogens (tertiary/aromatic N) is 2. The van der Waals surface area contributed by atoms with Crippen LogP contribution in [0.4, 0.5) is 0 Å². The highest BCUT2D eigenvalue weighted by atomic mass is 32.2. The smallest absolute Gasteiger partial charge is 0.185 e. The Labute approximate surface area is 166 Å². The molecule has 0 amide bonds. The summed E-state index contributed by atoms with van der Waals surface area (Å²) < 4.78 is 0. The van der Waals surface area contributed by atoms with Gasteiger partial charge >= 0.3 is 0 Å². The third-order valence-corrected chi connectivity index (χ3v) is 5.61. The lowest BCUT2D eigenvalue weighted by molar-refractivity contribution is -0.117. The summed E-state index contributed by atoms with van der Waals surface area (Å²) in [5, 5.41) is 20.0. The Morgan fingerprint density at radius 2 is 1.85 bits per heavy atom. The van der Waals surface area contributed by atoms with Crippen LogP contribution in [0.2, 0.25) is 0 Å². The number of allylic oxidation sites excluding steroid dienone is 1. The largest absolute Gasteiger partial charge is 0.392 e. The predicted octanol–water partition coefficient (Wildman–Crippen LogP) is 4.73. The maximum absolute atomic E-state index is 12.7. The number of hydrogen-bond donors (Lipinski definition) is 1. The predicted molar refractivity (Wildman–Crippen MR) is 113 cm³/mol. The van der Waals surface area contributed by atoms with Gasteiger partial charge in [0.05, 0.1) is 22.8 Å². The number of carbonyl (C=O) groups excluding carboxylic acids is 1. The monoisotopic (exact) mass is 384 g/mol. The molecule has 1 N–H and O–H groups in total. The Morgan fingerprint density at radius 3 is 2.37 bits per heavy atom. The van der Waals surface area contributed by atoms with Crippen molar-refractivity contribution in [1.29, 1.82) is 5.26 Å². The lowest BCUT2D eigenvalue weighted by Crippen LogP contribution is -2.36. The second-order valence-corrected chi connectivity index (χ2v) is 8.98. The normalized spacial score (nSPS) is 22.3. The Morgan fingerprint density at radius 1 is 1.26 bits per heavy atom. The van der Waals surface area contributed by atoms with E-state index in [2.05, 4.69) is 39.6 Å². The molecule has 2 aliphatic rings. The lowest BCUT2D eigenvalue weighted by atomic mass is 9.85. The van der Waals surface area contributed by atoms with Gasteiger partial charge in [0.2, 0.25) is 0 Å². The van der Waals surface area contributed by atoms with E-state index in [1.807, 2.05) is 30.3 Å². The summed E-state index contributed by atoms with van der Waals surface area (Å²) in [7, 11) is 0. The van der Waals surface area contributed by atoms with Gasteiger partial charge in [0.15, 0.2) is 5.78 Å². The van der Waals surface area contributed by atoms with Gasteiger partial charge in [-0.1, -0.05) is 65.3 Å². The number of aliphatic hydroxyl groups excluding tert-OH is 1. The first-order chi connectivity index (χ1) is 12.7. The quantitative estimate of drug-likeness (QED) is 0.759. The molecule has 3 rings (SSSR count). The van der Waals surface area contributed by atoms with Crippen LogP contribution >= 0.6 is 11.8 Å². The zero-order chi connectivity index (χ0) is 20.2. The zero-order valence-corrected chi connectivity index (χ0v) is 17.6. The van der Waals surface area contributed by atoms with Crippen LogP contribution in [-0.4, -0.2) is 27.8 Å². The lowest BCUT2D eigenvalue weighted by Gasteiger charge is -2.29. The Bertz CT molecular complexity index is 795. The van der Waals surface area contributed by atoms with Gasteiger partial charge in [0.1, 0.15) is 11.6 Å². The fraction of sp³-hybridized carbons (Fsp3) is 0.500. The summed E-state index contributed by atoms with van der Waals surface area (Å²) >= 11 is 1.41. The first-order valence-electron chi connectivity index (χ1n) is 9.41. The second-order valence-electron chi connectivity index (χ2n) is 7.94. The molecule has 0 bridgehead atoms. The van der Waals surface area contributed by atoms with Crippen molar-refractivity contribution < 1.29 is 9.90 Å². The Hall–Kier alpha value is -1.90. The number of benzene rings is 1. The van der Waals surface area contributed by atoms with E-state index in [1.54, 1.807) is 0 Å². The summed E-state index contributed by atoms with van der Waals surface area (Å²) in [6.45, 7) is 10.7. The van der Waals surface area contributed by atoms with E-state index < -0.39 is 12.0 Å². The van der Waals surface area contributed by atoms with E-state index in [1.165, 1.54) is 23.7 Å². The van der Waals surface area contributed by atoms with Gasteiger partial charge in [-0.05, 0) is 17.4 Å². The van der Waals surface area contributed by atoms with E-state index >= 15 is 0 Å². The van der Waals surface area contributed by atoms with Gasteiger partial charge < -0.3 is 5.11 Å². The minimum absolute atomic E-state index is 0.0414. The van der Waals surface area contributed by atoms with Crippen LogP contribution in [-0.2, 0) is 10.2 Å². The molecule has 1 aromatic carbocycles. The first-order valence-corrected chi connectivity index (χ1v) is 10.4. The van der Waals surface area contributed by atoms with Crippen molar-refractivity contribution in [3.63, 3.8) is 0 Å². The number of rotatable bonds is 1.